The summed E-state index contributed by atoms with van der Waals surface area (Å²) < 4.78 is 17.7. The second-order valence-corrected chi connectivity index (χ2v) is 7.95. The number of aliphatic hydroxyl groups is 1. The first-order valence-electron chi connectivity index (χ1n) is 11.7. The second kappa shape index (κ2) is 11.4. The van der Waals surface area contributed by atoms with E-state index >= 15 is 0 Å². The number of para-hydroxylation sites is 4. The number of aliphatic hydroxyl groups excluding tert-OH is 1. The molecule has 0 fully saturated rings. The first-order valence-corrected chi connectivity index (χ1v) is 11.7. The summed E-state index contributed by atoms with van der Waals surface area (Å²) in [5.74, 6) is 2.05. The topological polar surface area (TPSA) is 84.0 Å². The van der Waals surface area contributed by atoms with Crippen LogP contribution in [0.2, 0.25) is 0 Å². The van der Waals surface area contributed by atoms with E-state index in [2.05, 4.69) is 4.98 Å². The summed E-state index contributed by atoms with van der Waals surface area (Å²) in [5.41, 5.74) is 2.24. The van der Waals surface area contributed by atoms with Crippen molar-refractivity contribution in [1.29, 1.82) is 0 Å². The fourth-order valence-electron chi connectivity index (χ4n) is 3.92. The average molecular weight is 475 g/mol. The predicted molar refractivity (Wildman–Crippen MR) is 138 cm³/mol. The molecule has 7 heteroatoms. The molecule has 0 aliphatic rings. The summed E-state index contributed by atoms with van der Waals surface area (Å²) in [6, 6.07) is 24.1. The third-order valence-corrected chi connectivity index (χ3v) is 5.44. The highest BCUT2D eigenvalue weighted by Crippen LogP contribution is 2.38. The first-order chi connectivity index (χ1) is 17.1. The molecule has 1 atom stereocenters. The van der Waals surface area contributed by atoms with Gasteiger partial charge < -0.3 is 29.2 Å². The highest BCUT2D eigenvalue weighted by atomic mass is 16.5. The van der Waals surface area contributed by atoms with Crippen LogP contribution in [0.3, 0.4) is 0 Å². The van der Waals surface area contributed by atoms with Crippen LogP contribution in [0.25, 0.3) is 10.9 Å². The van der Waals surface area contributed by atoms with Gasteiger partial charge in [0.25, 0.3) is 0 Å². The zero-order valence-electron chi connectivity index (χ0n) is 19.9. The van der Waals surface area contributed by atoms with Crippen molar-refractivity contribution in [3.63, 3.8) is 0 Å². The van der Waals surface area contributed by atoms with Crippen molar-refractivity contribution in [2.45, 2.75) is 20.0 Å². The standard InChI is InChI=1S/C28H30N2O5/c1-3-33-26-11-7-5-9-24(26)30(25-10-6-8-12-27(25)34-4-2)18-21(31)19-35-22-14-15-23-20(17-22)13-16-28(32)29-23/h5-17,21,31H,3-4,18-19H2,1-2H3,(H,29,32). The molecule has 0 bridgehead atoms. The average Bonchev–Trinajstić information content (AvgIpc) is 2.87. The third-order valence-electron chi connectivity index (χ3n) is 5.44. The largest absolute Gasteiger partial charge is 0.492 e. The van der Waals surface area contributed by atoms with Gasteiger partial charge in [-0.25, -0.2) is 0 Å². The van der Waals surface area contributed by atoms with Gasteiger partial charge in [-0.05, 0) is 62.4 Å². The molecule has 2 N–H and O–H groups in total. The fourth-order valence-corrected chi connectivity index (χ4v) is 3.92. The highest BCUT2D eigenvalue weighted by Gasteiger charge is 2.21. The number of benzene rings is 3. The van der Waals surface area contributed by atoms with Gasteiger partial charge in [0.15, 0.2) is 0 Å². The maximum Gasteiger partial charge on any atom is 0.248 e. The Balaban J connectivity index is 1.57. The Morgan fingerprint density at radius 1 is 0.829 bits per heavy atom. The molecule has 0 radical (unpaired) electrons. The maximum atomic E-state index is 11.5. The van der Waals surface area contributed by atoms with Crippen molar-refractivity contribution in [1.82, 2.24) is 4.98 Å². The van der Waals surface area contributed by atoms with Crippen molar-refractivity contribution in [2.24, 2.45) is 0 Å². The molecule has 4 aromatic rings. The lowest BCUT2D eigenvalue weighted by Crippen LogP contribution is -2.33. The van der Waals surface area contributed by atoms with E-state index in [-0.39, 0.29) is 18.7 Å². The molecular formula is C28H30N2O5. The number of aromatic nitrogens is 1. The number of ether oxygens (including phenoxy) is 3. The molecular weight excluding hydrogens is 444 g/mol. The molecule has 0 spiro atoms. The van der Waals surface area contributed by atoms with Gasteiger partial charge in [-0.3, -0.25) is 4.79 Å². The summed E-state index contributed by atoms with van der Waals surface area (Å²) in [5, 5.41) is 11.9. The van der Waals surface area contributed by atoms with Gasteiger partial charge in [0, 0.05) is 17.0 Å². The number of hydrogen-bond donors (Lipinski definition) is 2. The third kappa shape index (κ3) is 5.94. The van der Waals surface area contributed by atoms with E-state index in [1.807, 2.05) is 73.3 Å². The molecule has 1 heterocycles. The van der Waals surface area contributed by atoms with Crippen LogP contribution in [-0.4, -0.2) is 42.6 Å². The number of hydrogen-bond acceptors (Lipinski definition) is 6. The van der Waals surface area contributed by atoms with E-state index in [1.54, 1.807) is 18.2 Å². The Bertz CT molecular complexity index is 1270. The Kier molecular flexibility index (Phi) is 7.90. The number of anilines is 2. The highest BCUT2D eigenvalue weighted by molar-refractivity contribution is 5.79. The van der Waals surface area contributed by atoms with Crippen molar-refractivity contribution < 1.29 is 19.3 Å². The van der Waals surface area contributed by atoms with Crippen LogP contribution >= 0.6 is 0 Å². The SMILES string of the molecule is CCOc1ccccc1N(CC(O)COc1ccc2[nH]c(=O)ccc2c1)c1ccccc1OCC. The number of fused-ring (bicyclic) bond motifs is 1. The van der Waals surface area contributed by atoms with Crippen LogP contribution in [0, 0.1) is 0 Å². The number of nitrogens with zero attached hydrogens (tertiary/aromatic N) is 1. The first kappa shape index (κ1) is 24.2. The Morgan fingerprint density at radius 3 is 2.09 bits per heavy atom. The minimum absolute atomic E-state index is 0.0823. The van der Waals surface area contributed by atoms with Gasteiger partial charge in [-0.1, -0.05) is 24.3 Å². The van der Waals surface area contributed by atoms with E-state index in [0.717, 1.165) is 33.8 Å². The molecule has 0 saturated carbocycles. The van der Waals surface area contributed by atoms with Gasteiger partial charge in [0.2, 0.25) is 5.56 Å². The van der Waals surface area contributed by atoms with E-state index in [1.165, 1.54) is 6.07 Å². The normalized spacial score (nSPS) is 11.7. The van der Waals surface area contributed by atoms with Crippen LogP contribution in [0.4, 0.5) is 11.4 Å². The summed E-state index contributed by atoms with van der Waals surface area (Å²) in [4.78, 5) is 16.3. The van der Waals surface area contributed by atoms with Crippen LogP contribution in [0.5, 0.6) is 17.2 Å². The van der Waals surface area contributed by atoms with E-state index in [4.69, 9.17) is 14.2 Å². The number of aromatic amines is 1. The molecule has 3 aromatic carbocycles. The number of nitrogens with one attached hydrogen (secondary N) is 1. The van der Waals surface area contributed by atoms with Gasteiger partial charge in [-0.2, -0.15) is 0 Å². The molecule has 4 rings (SSSR count). The zero-order chi connectivity index (χ0) is 24.6. The quantitative estimate of drug-likeness (QED) is 0.322. The lowest BCUT2D eigenvalue weighted by Gasteiger charge is -2.30. The van der Waals surface area contributed by atoms with Crippen LogP contribution in [-0.2, 0) is 0 Å². The Hall–Kier alpha value is -3.97. The molecule has 182 valence electrons. The lowest BCUT2D eigenvalue weighted by atomic mass is 10.2. The molecule has 7 nitrogen and oxygen atoms in total. The van der Waals surface area contributed by atoms with Gasteiger partial charge in [-0.15, -0.1) is 0 Å². The molecule has 0 amide bonds. The Labute approximate surface area is 204 Å². The van der Waals surface area contributed by atoms with Gasteiger partial charge in [0.1, 0.15) is 30.0 Å². The second-order valence-electron chi connectivity index (χ2n) is 7.95. The smallest absolute Gasteiger partial charge is 0.248 e. The molecule has 35 heavy (non-hydrogen) atoms. The maximum absolute atomic E-state index is 11.5. The lowest BCUT2D eigenvalue weighted by molar-refractivity contribution is 0.114. The zero-order valence-corrected chi connectivity index (χ0v) is 19.9. The fraction of sp³-hybridized carbons (Fsp3) is 0.250. The minimum Gasteiger partial charge on any atom is -0.492 e. The van der Waals surface area contributed by atoms with E-state index in [9.17, 15) is 9.90 Å². The number of pyridine rings is 1. The van der Waals surface area contributed by atoms with Crippen molar-refractivity contribution in [3.8, 4) is 17.2 Å². The molecule has 0 aliphatic carbocycles. The van der Waals surface area contributed by atoms with Gasteiger partial charge >= 0.3 is 0 Å². The molecule has 1 unspecified atom stereocenters. The molecule has 1 aromatic heterocycles. The predicted octanol–water partition coefficient (Wildman–Crippen LogP) is 4.90. The van der Waals surface area contributed by atoms with E-state index in [0.29, 0.717) is 19.0 Å². The summed E-state index contributed by atoms with van der Waals surface area (Å²) in [6.45, 7) is 5.27. The number of rotatable bonds is 11. The van der Waals surface area contributed by atoms with Crippen molar-refractivity contribution in [3.05, 3.63) is 89.2 Å². The minimum atomic E-state index is -0.814. The van der Waals surface area contributed by atoms with E-state index < -0.39 is 6.10 Å². The molecule has 0 aliphatic heterocycles. The van der Waals surface area contributed by atoms with Gasteiger partial charge in [0.05, 0.1) is 31.1 Å². The molecule has 0 saturated heterocycles. The van der Waals surface area contributed by atoms with Crippen molar-refractivity contribution >= 4 is 22.3 Å². The van der Waals surface area contributed by atoms with Crippen LogP contribution < -0.4 is 24.7 Å². The van der Waals surface area contributed by atoms with Crippen molar-refractivity contribution in [2.75, 3.05) is 31.3 Å². The monoisotopic (exact) mass is 474 g/mol. The summed E-state index contributed by atoms with van der Waals surface area (Å²) in [6.07, 6.45) is -0.814. The summed E-state index contributed by atoms with van der Waals surface area (Å²) >= 11 is 0. The number of H-pyrrole nitrogens is 1. The van der Waals surface area contributed by atoms with Crippen LogP contribution in [0.15, 0.2) is 83.7 Å². The summed E-state index contributed by atoms with van der Waals surface area (Å²) in [7, 11) is 0. The Morgan fingerprint density at radius 2 is 1.46 bits per heavy atom. The van der Waals surface area contributed by atoms with Crippen LogP contribution in [0.1, 0.15) is 13.8 Å².